The predicted octanol–water partition coefficient (Wildman–Crippen LogP) is 4.51. The van der Waals surface area contributed by atoms with Crippen LogP contribution in [-0.4, -0.2) is 6.04 Å². The molecule has 1 nitrogen and oxygen atoms in total. The minimum atomic E-state index is 0.358. The standard InChI is InChI=1S/C18H29N/c1-4-14-8-9-18(19)17(12-14)16-7-5-6-15(11-16)10-13(2)3/h5-7,11,13-14,17-18H,4,8-10,12,19H2,1-3H3. The first-order valence-electron chi connectivity index (χ1n) is 7.94. The van der Waals surface area contributed by atoms with Gasteiger partial charge in [0.15, 0.2) is 0 Å². The zero-order valence-corrected chi connectivity index (χ0v) is 12.7. The van der Waals surface area contributed by atoms with Gasteiger partial charge in [-0.3, -0.25) is 0 Å². The number of benzene rings is 1. The van der Waals surface area contributed by atoms with Gasteiger partial charge in [0, 0.05) is 6.04 Å². The van der Waals surface area contributed by atoms with Gasteiger partial charge in [0.2, 0.25) is 0 Å². The SMILES string of the molecule is CCC1CCC(N)C(c2cccc(CC(C)C)c2)C1. The van der Waals surface area contributed by atoms with Crippen molar-refractivity contribution in [2.24, 2.45) is 17.6 Å². The van der Waals surface area contributed by atoms with Crippen LogP contribution in [0.15, 0.2) is 24.3 Å². The van der Waals surface area contributed by atoms with E-state index in [-0.39, 0.29) is 0 Å². The Hall–Kier alpha value is -0.820. The molecule has 3 atom stereocenters. The van der Waals surface area contributed by atoms with E-state index in [0.717, 1.165) is 11.8 Å². The maximum atomic E-state index is 6.38. The molecule has 106 valence electrons. The molecule has 1 fully saturated rings. The lowest BCUT2D eigenvalue weighted by Gasteiger charge is -2.34. The minimum Gasteiger partial charge on any atom is -0.327 e. The van der Waals surface area contributed by atoms with Crippen molar-refractivity contribution in [3.05, 3.63) is 35.4 Å². The molecule has 0 spiro atoms. The third-order valence-corrected chi connectivity index (χ3v) is 4.61. The zero-order chi connectivity index (χ0) is 13.8. The van der Waals surface area contributed by atoms with Crippen molar-refractivity contribution in [2.75, 3.05) is 0 Å². The summed E-state index contributed by atoms with van der Waals surface area (Å²) in [5.41, 5.74) is 9.33. The molecule has 2 rings (SSSR count). The maximum absolute atomic E-state index is 6.38. The molecule has 1 aromatic rings. The summed E-state index contributed by atoms with van der Waals surface area (Å²) in [7, 11) is 0. The third-order valence-electron chi connectivity index (χ3n) is 4.61. The molecule has 1 aliphatic rings. The largest absolute Gasteiger partial charge is 0.327 e. The summed E-state index contributed by atoms with van der Waals surface area (Å²) in [5.74, 6) is 2.17. The molecule has 0 saturated heterocycles. The molecule has 0 amide bonds. The number of nitrogens with two attached hydrogens (primary N) is 1. The van der Waals surface area contributed by atoms with Crippen LogP contribution in [-0.2, 0) is 6.42 Å². The fraction of sp³-hybridized carbons (Fsp3) is 0.667. The van der Waals surface area contributed by atoms with E-state index in [9.17, 15) is 0 Å². The van der Waals surface area contributed by atoms with Crippen molar-refractivity contribution in [3.8, 4) is 0 Å². The molecule has 0 aromatic heterocycles. The first kappa shape index (κ1) is 14.6. The molecule has 1 saturated carbocycles. The summed E-state index contributed by atoms with van der Waals surface area (Å²) < 4.78 is 0. The Morgan fingerprint density at radius 2 is 2.05 bits per heavy atom. The van der Waals surface area contributed by atoms with E-state index in [2.05, 4.69) is 45.0 Å². The molecule has 0 heterocycles. The molecule has 1 aliphatic carbocycles. The second-order valence-electron chi connectivity index (χ2n) is 6.70. The molecule has 19 heavy (non-hydrogen) atoms. The average molecular weight is 259 g/mol. The summed E-state index contributed by atoms with van der Waals surface area (Å²) in [6, 6.07) is 9.52. The van der Waals surface area contributed by atoms with Gasteiger partial charge in [0.25, 0.3) is 0 Å². The lowest BCUT2D eigenvalue weighted by Crippen LogP contribution is -2.34. The average Bonchev–Trinajstić information content (AvgIpc) is 2.39. The van der Waals surface area contributed by atoms with E-state index >= 15 is 0 Å². The molecule has 1 heteroatoms. The molecular weight excluding hydrogens is 230 g/mol. The number of hydrogen-bond acceptors (Lipinski definition) is 1. The Bertz CT molecular complexity index is 396. The van der Waals surface area contributed by atoms with Crippen molar-refractivity contribution in [3.63, 3.8) is 0 Å². The van der Waals surface area contributed by atoms with Crippen LogP contribution in [0.1, 0.15) is 63.5 Å². The number of hydrogen-bond donors (Lipinski definition) is 1. The van der Waals surface area contributed by atoms with Crippen LogP contribution in [0.4, 0.5) is 0 Å². The van der Waals surface area contributed by atoms with Crippen molar-refractivity contribution in [2.45, 2.75) is 64.8 Å². The van der Waals surface area contributed by atoms with Crippen molar-refractivity contribution in [1.82, 2.24) is 0 Å². The van der Waals surface area contributed by atoms with E-state index in [4.69, 9.17) is 5.73 Å². The monoisotopic (exact) mass is 259 g/mol. The smallest absolute Gasteiger partial charge is 0.0108 e. The van der Waals surface area contributed by atoms with Gasteiger partial charge >= 0.3 is 0 Å². The van der Waals surface area contributed by atoms with E-state index in [1.165, 1.54) is 43.2 Å². The summed E-state index contributed by atoms with van der Waals surface area (Å²) in [6.45, 7) is 6.88. The molecule has 1 aromatic carbocycles. The van der Waals surface area contributed by atoms with Crippen LogP contribution in [0.25, 0.3) is 0 Å². The van der Waals surface area contributed by atoms with Gasteiger partial charge in [0.1, 0.15) is 0 Å². The minimum absolute atomic E-state index is 0.358. The van der Waals surface area contributed by atoms with E-state index in [0.29, 0.717) is 12.0 Å². The third kappa shape index (κ3) is 3.82. The van der Waals surface area contributed by atoms with Gasteiger partial charge in [-0.25, -0.2) is 0 Å². The summed E-state index contributed by atoms with van der Waals surface area (Å²) in [4.78, 5) is 0. The van der Waals surface area contributed by atoms with E-state index in [1.54, 1.807) is 0 Å². The topological polar surface area (TPSA) is 26.0 Å². The van der Waals surface area contributed by atoms with Crippen LogP contribution in [0, 0.1) is 11.8 Å². The predicted molar refractivity (Wildman–Crippen MR) is 83.3 cm³/mol. The van der Waals surface area contributed by atoms with Crippen LogP contribution < -0.4 is 5.73 Å². The molecular formula is C18H29N. The van der Waals surface area contributed by atoms with Gasteiger partial charge in [-0.1, -0.05) is 51.5 Å². The van der Waals surface area contributed by atoms with Crippen LogP contribution in [0.5, 0.6) is 0 Å². The molecule has 2 N–H and O–H groups in total. The Kier molecular flexibility index (Phi) is 5.04. The summed E-state index contributed by atoms with van der Waals surface area (Å²) in [5, 5.41) is 0. The quantitative estimate of drug-likeness (QED) is 0.846. The lowest BCUT2D eigenvalue weighted by molar-refractivity contribution is 0.282. The molecule has 3 unspecified atom stereocenters. The normalized spacial score (nSPS) is 27.7. The molecule has 0 radical (unpaired) electrons. The van der Waals surface area contributed by atoms with Gasteiger partial charge in [-0.05, 0) is 54.6 Å². The highest BCUT2D eigenvalue weighted by Gasteiger charge is 2.28. The summed E-state index contributed by atoms with van der Waals surface area (Å²) >= 11 is 0. The Balaban J connectivity index is 2.15. The van der Waals surface area contributed by atoms with Crippen molar-refractivity contribution >= 4 is 0 Å². The van der Waals surface area contributed by atoms with Gasteiger partial charge < -0.3 is 5.73 Å². The fourth-order valence-corrected chi connectivity index (χ4v) is 3.46. The second kappa shape index (κ2) is 6.56. The van der Waals surface area contributed by atoms with E-state index < -0.39 is 0 Å². The second-order valence-corrected chi connectivity index (χ2v) is 6.70. The van der Waals surface area contributed by atoms with E-state index in [1.807, 2.05) is 0 Å². The Morgan fingerprint density at radius 1 is 1.26 bits per heavy atom. The summed E-state index contributed by atoms with van der Waals surface area (Å²) in [6.07, 6.45) is 6.27. The zero-order valence-electron chi connectivity index (χ0n) is 12.7. The highest BCUT2D eigenvalue weighted by atomic mass is 14.7. The first-order chi connectivity index (χ1) is 9.10. The lowest BCUT2D eigenvalue weighted by atomic mass is 9.74. The number of rotatable bonds is 4. The van der Waals surface area contributed by atoms with Crippen molar-refractivity contribution in [1.29, 1.82) is 0 Å². The van der Waals surface area contributed by atoms with Gasteiger partial charge in [-0.15, -0.1) is 0 Å². The Labute approximate surface area is 118 Å². The highest BCUT2D eigenvalue weighted by molar-refractivity contribution is 5.28. The molecule has 0 aliphatic heterocycles. The van der Waals surface area contributed by atoms with Crippen molar-refractivity contribution < 1.29 is 0 Å². The van der Waals surface area contributed by atoms with Gasteiger partial charge in [-0.2, -0.15) is 0 Å². The first-order valence-corrected chi connectivity index (χ1v) is 7.94. The van der Waals surface area contributed by atoms with Gasteiger partial charge in [0.05, 0.1) is 0 Å². The molecule has 0 bridgehead atoms. The fourth-order valence-electron chi connectivity index (χ4n) is 3.46. The maximum Gasteiger partial charge on any atom is 0.0108 e. The van der Waals surface area contributed by atoms with Crippen LogP contribution in [0.3, 0.4) is 0 Å². The van der Waals surface area contributed by atoms with Crippen LogP contribution >= 0.6 is 0 Å². The highest BCUT2D eigenvalue weighted by Crippen LogP contribution is 2.37. The van der Waals surface area contributed by atoms with Crippen LogP contribution in [0.2, 0.25) is 0 Å². The Morgan fingerprint density at radius 3 is 2.74 bits per heavy atom.